The molecule has 2 aromatic carbocycles. The molecule has 2 heterocycles. The summed E-state index contributed by atoms with van der Waals surface area (Å²) >= 11 is 6.30. The lowest BCUT2D eigenvalue weighted by molar-refractivity contribution is -0.144. The normalized spacial score (nSPS) is 26.8. The SMILES string of the molecule is CC(=O)N(C)CC1CCOc2cc3c(cc2O1)C1(CCC(Nc2cccc(Cl)c2)(C(=O)O)CC1)C(C[C@@H](C)COc1ccnc2c1[C@H](C)CCC2)C3. The Morgan fingerprint density at radius 3 is 2.69 bits per heavy atom. The lowest BCUT2D eigenvalue weighted by Gasteiger charge is -2.47. The minimum absolute atomic E-state index is 0.00309. The van der Waals surface area contributed by atoms with Gasteiger partial charge in [0, 0.05) is 48.6 Å². The van der Waals surface area contributed by atoms with Crippen LogP contribution >= 0.6 is 11.6 Å². The summed E-state index contributed by atoms with van der Waals surface area (Å²) in [5.74, 6) is 2.57. The lowest BCUT2D eigenvalue weighted by atomic mass is 9.59. The van der Waals surface area contributed by atoms with Gasteiger partial charge in [0.25, 0.3) is 0 Å². The first-order chi connectivity index (χ1) is 25.0. The van der Waals surface area contributed by atoms with Crippen molar-refractivity contribution < 1.29 is 28.9 Å². The number of nitrogens with one attached hydrogen (secondary N) is 1. The van der Waals surface area contributed by atoms with Gasteiger partial charge in [0.1, 0.15) is 17.4 Å². The Bertz CT molecular complexity index is 1810. The Hall–Kier alpha value is -3.98. The van der Waals surface area contributed by atoms with E-state index in [-0.39, 0.29) is 29.3 Å². The standard InChI is InChI=1S/C42H52ClN3O6/c1-26(25-51-36-11-17-44-35-10-5-7-27(2)39(35)36)19-30-20-29-21-37-38(52-33(12-18-50-37)24-46(4)28(3)47)23-34(29)41(30)13-15-42(16-14-41,40(48)49)45-32-9-6-8-31(43)22-32/h6,8-9,11,17,21-23,26-27,30,33,45H,5,7,10,12-16,18-20,24-25H2,1-4H3,(H,48,49)/t26-,27-,30?,33?,41?,42?/m1/s1. The van der Waals surface area contributed by atoms with Gasteiger partial charge in [-0.15, -0.1) is 0 Å². The van der Waals surface area contributed by atoms with Crippen molar-refractivity contribution in [3.05, 3.63) is 76.1 Å². The molecule has 1 saturated carbocycles. The number of carboxylic acids is 1. The van der Waals surface area contributed by atoms with Crippen LogP contribution in [0.4, 0.5) is 5.69 Å². The topological polar surface area (TPSA) is 110 Å². The molecule has 4 atom stereocenters. The molecule has 1 fully saturated rings. The number of nitrogens with zero attached hydrogens (tertiary/aromatic N) is 2. The Morgan fingerprint density at radius 1 is 1.13 bits per heavy atom. The summed E-state index contributed by atoms with van der Waals surface area (Å²) < 4.78 is 19.5. The predicted molar refractivity (Wildman–Crippen MR) is 202 cm³/mol. The van der Waals surface area contributed by atoms with E-state index in [9.17, 15) is 14.7 Å². The molecule has 3 aromatic rings. The molecule has 3 aliphatic carbocycles. The summed E-state index contributed by atoms with van der Waals surface area (Å²) in [5, 5.41) is 14.6. The van der Waals surface area contributed by atoms with Gasteiger partial charge >= 0.3 is 5.97 Å². The fourth-order valence-electron chi connectivity index (χ4n) is 9.42. The average molecular weight is 730 g/mol. The third-order valence-corrected chi connectivity index (χ3v) is 12.6. The smallest absolute Gasteiger partial charge is 0.329 e. The van der Waals surface area contributed by atoms with Crippen molar-refractivity contribution in [2.45, 2.75) is 108 Å². The summed E-state index contributed by atoms with van der Waals surface area (Å²) in [4.78, 5) is 31.4. The molecule has 0 radical (unpaired) electrons. The molecule has 1 aromatic heterocycles. The Balaban J connectivity index is 1.16. The van der Waals surface area contributed by atoms with E-state index in [0.717, 1.165) is 37.2 Å². The molecule has 7 rings (SSSR count). The zero-order valence-electron chi connectivity index (χ0n) is 30.9. The number of benzene rings is 2. The van der Waals surface area contributed by atoms with Crippen molar-refractivity contribution >= 4 is 29.2 Å². The third kappa shape index (κ3) is 7.17. The maximum absolute atomic E-state index is 13.0. The highest BCUT2D eigenvalue weighted by molar-refractivity contribution is 6.30. The van der Waals surface area contributed by atoms with Gasteiger partial charge < -0.3 is 29.5 Å². The second-order valence-electron chi connectivity index (χ2n) is 15.9. The minimum Gasteiger partial charge on any atom is -0.493 e. The number of anilines is 1. The summed E-state index contributed by atoms with van der Waals surface area (Å²) in [6, 6.07) is 13.7. The molecular formula is C42H52ClN3O6. The number of fused-ring (bicyclic) bond motifs is 4. The van der Waals surface area contributed by atoms with Crippen LogP contribution in [-0.2, 0) is 27.8 Å². The van der Waals surface area contributed by atoms with Crippen LogP contribution < -0.4 is 19.5 Å². The van der Waals surface area contributed by atoms with Crippen LogP contribution in [-0.4, -0.2) is 65.3 Å². The number of rotatable bonds is 10. The number of pyridine rings is 1. The van der Waals surface area contributed by atoms with E-state index in [1.165, 1.54) is 28.8 Å². The molecule has 0 bridgehead atoms. The monoisotopic (exact) mass is 729 g/mol. The number of carbonyl (C=O) groups is 2. The van der Waals surface area contributed by atoms with Gasteiger partial charge in [-0.3, -0.25) is 9.78 Å². The number of aliphatic carboxylic acids is 1. The molecule has 1 spiro atoms. The van der Waals surface area contributed by atoms with Crippen LogP contribution in [0.2, 0.25) is 5.02 Å². The van der Waals surface area contributed by atoms with Gasteiger partial charge in [0.2, 0.25) is 5.91 Å². The number of carboxylic acid groups (broad SMARTS) is 1. The van der Waals surface area contributed by atoms with Crippen LogP contribution in [0.5, 0.6) is 17.2 Å². The van der Waals surface area contributed by atoms with E-state index in [1.807, 2.05) is 24.4 Å². The largest absolute Gasteiger partial charge is 0.493 e. The average Bonchev–Trinajstić information content (AvgIpc) is 3.23. The number of hydrogen-bond donors (Lipinski definition) is 2. The van der Waals surface area contributed by atoms with Crippen molar-refractivity contribution in [2.24, 2.45) is 11.8 Å². The van der Waals surface area contributed by atoms with Gasteiger partial charge in [-0.25, -0.2) is 4.79 Å². The molecule has 2 unspecified atom stereocenters. The van der Waals surface area contributed by atoms with E-state index in [4.69, 9.17) is 25.8 Å². The predicted octanol–water partition coefficient (Wildman–Crippen LogP) is 8.21. The zero-order chi connectivity index (χ0) is 36.6. The van der Waals surface area contributed by atoms with Gasteiger partial charge in [-0.05, 0) is 128 Å². The highest BCUT2D eigenvalue weighted by Gasteiger charge is 2.54. The first-order valence-corrected chi connectivity index (χ1v) is 19.4. The molecule has 52 heavy (non-hydrogen) atoms. The highest BCUT2D eigenvalue weighted by Crippen LogP contribution is 2.58. The Kier molecular flexibility index (Phi) is 10.4. The maximum atomic E-state index is 13.0. The van der Waals surface area contributed by atoms with Crippen molar-refractivity contribution in [3.63, 3.8) is 0 Å². The summed E-state index contributed by atoms with van der Waals surface area (Å²) in [7, 11) is 1.80. The summed E-state index contributed by atoms with van der Waals surface area (Å²) in [6.45, 7) is 7.72. The summed E-state index contributed by atoms with van der Waals surface area (Å²) in [5.41, 5.74) is 4.30. The van der Waals surface area contributed by atoms with Crippen LogP contribution in [0.3, 0.4) is 0 Å². The molecule has 278 valence electrons. The van der Waals surface area contributed by atoms with E-state index >= 15 is 0 Å². The lowest BCUT2D eigenvalue weighted by Crippen LogP contribution is -2.53. The molecule has 4 aliphatic rings. The van der Waals surface area contributed by atoms with Crippen LogP contribution in [0, 0.1) is 11.8 Å². The second kappa shape index (κ2) is 14.8. The molecular weight excluding hydrogens is 678 g/mol. The molecule has 0 saturated heterocycles. The van der Waals surface area contributed by atoms with Crippen molar-refractivity contribution in [1.29, 1.82) is 0 Å². The number of likely N-dealkylation sites (N-methyl/N-ethyl adjacent to an activating group) is 1. The van der Waals surface area contributed by atoms with Gasteiger partial charge in [-0.1, -0.05) is 31.5 Å². The first-order valence-electron chi connectivity index (χ1n) is 19.0. The van der Waals surface area contributed by atoms with Crippen LogP contribution in [0.25, 0.3) is 0 Å². The quantitative estimate of drug-likeness (QED) is 0.215. The summed E-state index contributed by atoms with van der Waals surface area (Å²) in [6.07, 6.45) is 9.89. The number of hydrogen-bond acceptors (Lipinski definition) is 7. The van der Waals surface area contributed by atoms with E-state index < -0.39 is 11.5 Å². The number of carbonyl (C=O) groups excluding carboxylic acids is 1. The van der Waals surface area contributed by atoms with Crippen molar-refractivity contribution in [1.82, 2.24) is 9.88 Å². The minimum atomic E-state index is -1.11. The molecule has 2 N–H and O–H groups in total. The van der Waals surface area contributed by atoms with Gasteiger partial charge in [0.05, 0.1) is 19.8 Å². The van der Waals surface area contributed by atoms with Crippen LogP contribution in [0.15, 0.2) is 48.7 Å². The Morgan fingerprint density at radius 2 is 1.94 bits per heavy atom. The molecule has 1 aliphatic heterocycles. The number of aromatic nitrogens is 1. The van der Waals surface area contributed by atoms with Crippen molar-refractivity contribution in [2.75, 3.05) is 32.1 Å². The number of halogens is 1. The number of ether oxygens (including phenoxy) is 3. The van der Waals surface area contributed by atoms with E-state index in [1.54, 1.807) is 31.0 Å². The number of aryl methyl sites for hydroxylation is 1. The van der Waals surface area contributed by atoms with E-state index in [2.05, 4.69) is 36.3 Å². The van der Waals surface area contributed by atoms with Gasteiger partial charge in [-0.2, -0.15) is 0 Å². The fraction of sp³-hybridized carbons (Fsp3) is 0.548. The maximum Gasteiger partial charge on any atom is 0.329 e. The van der Waals surface area contributed by atoms with Crippen molar-refractivity contribution in [3.8, 4) is 17.2 Å². The zero-order valence-corrected chi connectivity index (χ0v) is 31.6. The molecule has 1 amide bonds. The number of amides is 1. The van der Waals surface area contributed by atoms with Gasteiger partial charge in [0.15, 0.2) is 11.5 Å². The van der Waals surface area contributed by atoms with E-state index in [0.29, 0.717) is 74.2 Å². The second-order valence-corrected chi connectivity index (χ2v) is 16.4. The fourth-order valence-corrected chi connectivity index (χ4v) is 9.61. The molecule has 9 nitrogen and oxygen atoms in total. The third-order valence-electron chi connectivity index (χ3n) is 12.4. The van der Waals surface area contributed by atoms with Crippen LogP contribution in [0.1, 0.15) is 100 Å². The Labute approximate surface area is 312 Å². The highest BCUT2D eigenvalue weighted by atomic mass is 35.5. The molecule has 10 heteroatoms. The first kappa shape index (κ1) is 36.4.